The molecule has 0 aliphatic carbocycles. The Morgan fingerprint density at radius 2 is 1.74 bits per heavy atom. The summed E-state index contributed by atoms with van der Waals surface area (Å²) in [6, 6.07) is 13.1. The predicted octanol–water partition coefficient (Wildman–Crippen LogP) is 3.28. The van der Waals surface area contributed by atoms with Crippen LogP contribution in [0.25, 0.3) is 16.5 Å². The number of anilines is 1. The smallest absolute Gasteiger partial charge is 0.264 e. The minimum atomic E-state index is -0.165. The Bertz CT molecular complexity index is 1480. The number of pyridine rings is 1. The molecule has 6 nitrogen and oxygen atoms in total. The minimum Gasteiger partial charge on any atom is -0.311 e. The first-order valence-electron chi connectivity index (χ1n) is 10.1. The van der Waals surface area contributed by atoms with Gasteiger partial charge in [0.25, 0.3) is 11.5 Å². The lowest BCUT2D eigenvalue weighted by atomic mass is 9.99. The molecule has 31 heavy (non-hydrogen) atoms. The van der Waals surface area contributed by atoms with E-state index in [2.05, 4.69) is 16.9 Å². The van der Waals surface area contributed by atoms with Crippen LogP contribution in [-0.4, -0.2) is 27.3 Å². The molecule has 0 saturated heterocycles. The van der Waals surface area contributed by atoms with E-state index in [1.165, 1.54) is 0 Å². The molecule has 0 saturated carbocycles. The normalized spacial score (nSPS) is 12.4. The summed E-state index contributed by atoms with van der Waals surface area (Å²) in [4.78, 5) is 28.7. The molecule has 0 N–H and O–H groups in total. The van der Waals surface area contributed by atoms with Crippen LogP contribution in [-0.2, 0) is 13.5 Å². The van der Waals surface area contributed by atoms with Crippen LogP contribution in [0.4, 0.5) is 5.69 Å². The largest absolute Gasteiger partial charge is 0.311 e. The van der Waals surface area contributed by atoms with E-state index in [9.17, 15) is 9.59 Å². The maximum atomic E-state index is 13.8. The molecule has 0 unspecified atom stereocenters. The standard InChI is InChI=1S/C25H20N4O2/c1-4-19-23-22-20(28(3)24(23)30)13-12-17(11-10-16-14-26-27(2)15-16)21(22)25(31)29(19)18-8-6-5-7-9-18/h5-9,12-15H,4H2,1-3H3. The van der Waals surface area contributed by atoms with Crippen LogP contribution in [0.3, 0.4) is 0 Å². The van der Waals surface area contributed by atoms with Gasteiger partial charge in [0, 0.05) is 42.6 Å². The summed E-state index contributed by atoms with van der Waals surface area (Å²) in [5.74, 6) is 6.13. The highest BCUT2D eigenvalue weighted by molar-refractivity contribution is 6.26. The molecule has 0 bridgehead atoms. The van der Waals surface area contributed by atoms with Gasteiger partial charge >= 0.3 is 0 Å². The Labute approximate surface area is 179 Å². The van der Waals surface area contributed by atoms with Gasteiger partial charge < -0.3 is 4.90 Å². The molecule has 5 rings (SSSR count). The third-order valence-electron chi connectivity index (χ3n) is 5.68. The first-order valence-corrected chi connectivity index (χ1v) is 10.1. The lowest BCUT2D eigenvalue weighted by Crippen LogP contribution is -2.27. The van der Waals surface area contributed by atoms with Gasteiger partial charge in [-0.2, -0.15) is 5.10 Å². The van der Waals surface area contributed by atoms with Crippen molar-refractivity contribution in [3.63, 3.8) is 0 Å². The van der Waals surface area contributed by atoms with E-state index in [0.29, 0.717) is 28.3 Å². The van der Waals surface area contributed by atoms with Crippen LogP contribution < -0.4 is 10.5 Å². The van der Waals surface area contributed by atoms with Crippen LogP contribution >= 0.6 is 0 Å². The molecule has 4 aromatic rings. The number of benzene rings is 2. The highest BCUT2D eigenvalue weighted by Gasteiger charge is 2.33. The first-order chi connectivity index (χ1) is 15.0. The van der Waals surface area contributed by atoms with Crippen molar-refractivity contribution in [2.24, 2.45) is 7.05 Å². The summed E-state index contributed by atoms with van der Waals surface area (Å²) >= 11 is 0. The SMILES string of the molecule is CCc1c2c3c(ccc(C#Cc4cnn(C)c4)c3c(=O)n1-c1ccccc1)N(C)C2=O. The van der Waals surface area contributed by atoms with Crippen molar-refractivity contribution in [2.75, 3.05) is 11.9 Å². The molecule has 0 radical (unpaired) electrons. The quantitative estimate of drug-likeness (QED) is 0.478. The molecule has 152 valence electrons. The summed E-state index contributed by atoms with van der Waals surface area (Å²) in [6.07, 6.45) is 4.06. The monoisotopic (exact) mass is 408 g/mol. The van der Waals surface area contributed by atoms with Gasteiger partial charge in [0.2, 0.25) is 0 Å². The van der Waals surface area contributed by atoms with Crippen LogP contribution in [0.2, 0.25) is 0 Å². The van der Waals surface area contributed by atoms with Crippen molar-refractivity contribution in [1.29, 1.82) is 0 Å². The second kappa shape index (κ2) is 6.99. The maximum Gasteiger partial charge on any atom is 0.264 e. The zero-order valence-electron chi connectivity index (χ0n) is 17.5. The Morgan fingerprint density at radius 1 is 0.968 bits per heavy atom. The van der Waals surface area contributed by atoms with Gasteiger partial charge in [-0.05, 0) is 30.7 Å². The topological polar surface area (TPSA) is 60.1 Å². The number of aromatic nitrogens is 3. The molecule has 6 heteroatoms. The van der Waals surface area contributed by atoms with Gasteiger partial charge in [-0.1, -0.05) is 37.0 Å². The van der Waals surface area contributed by atoms with Gasteiger partial charge in [0.05, 0.1) is 28.4 Å². The molecule has 2 aromatic heterocycles. The van der Waals surface area contributed by atoms with E-state index in [1.807, 2.05) is 62.6 Å². The van der Waals surface area contributed by atoms with Gasteiger partial charge in [-0.15, -0.1) is 0 Å². The average molecular weight is 408 g/mol. The van der Waals surface area contributed by atoms with Gasteiger partial charge in [-0.3, -0.25) is 18.8 Å². The maximum absolute atomic E-state index is 13.8. The third-order valence-corrected chi connectivity index (χ3v) is 5.68. The Hall–Kier alpha value is -4.11. The Kier molecular flexibility index (Phi) is 4.26. The van der Waals surface area contributed by atoms with Crippen molar-refractivity contribution >= 4 is 22.4 Å². The number of para-hydroxylation sites is 1. The number of rotatable bonds is 2. The zero-order valence-corrected chi connectivity index (χ0v) is 17.5. The van der Waals surface area contributed by atoms with E-state index in [4.69, 9.17) is 0 Å². The first kappa shape index (κ1) is 18.9. The number of aryl methyl sites for hydroxylation is 1. The summed E-state index contributed by atoms with van der Waals surface area (Å²) in [5, 5.41) is 5.31. The van der Waals surface area contributed by atoms with Crippen LogP contribution in [0, 0.1) is 11.8 Å². The fraction of sp³-hybridized carbons (Fsp3) is 0.160. The number of amides is 1. The highest BCUT2D eigenvalue weighted by atomic mass is 16.2. The molecule has 1 aliphatic heterocycles. The summed E-state index contributed by atoms with van der Waals surface area (Å²) in [6.45, 7) is 1.97. The van der Waals surface area contributed by atoms with Crippen LogP contribution in [0.5, 0.6) is 0 Å². The molecule has 0 spiro atoms. The molecule has 0 atom stereocenters. The van der Waals surface area contributed by atoms with Crippen LogP contribution in [0.15, 0.2) is 59.7 Å². The van der Waals surface area contributed by atoms with Crippen molar-refractivity contribution in [2.45, 2.75) is 13.3 Å². The molecule has 1 amide bonds. The summed E-state index contributed by atoms with van der Waals surface area (Å²) in [7, 11) is 3.57. The zero-order chi connectivity index (χ0) is 21.7. The number of carbonyl (C=O) groups is 1. The van der Waals surface area contributed by atoms with Crippen molar-refractivity contribution in [3.8, 4) is 17.5 Å². The van der Waals surface area contributed by atoms with Gasteiger partial charge in [0.15, 0.2) is 0 Å². The van der Waals surface area contributed by atoms with E-state index >= 15 is 0 Å². The van der Waals surface area contributed by atoms with Crippen molar-refractivity contribution in [3.05, 3.63) is 87.6 Å². The third kappa shape index (κ3) is 2.78. The Morgan fingerprint density at radius 3 is 2.42 bits per heavy atom. The van der Waals surface area contributed by atoms with Gasteiger partial charge in [-0.25, -0.2) is 0 Å². The predicted molar refractivity (Wildman–Crippen MR) is 121 cm³/mol. The molecular formula is C25H20N4O2. The second-order valence-corrected chi connectivity index (χ2v) is 7.55. The fourth-order valence-electron chi connectivity index (χ4n) is 4.26. The van der Waals surface area contributed by atoms with E-state index in [1.54, 1.807) is 27.4 Å². The molecule has 0 fully saturated rings. The highest BCUT2D eigenvalue weighted by Crippen LogP contribution is 2.38. The number of hydrogen-bond donors (Lipinski definition) is 0. The lowest BCUT2D eigenvalue weighted by Gasteiger charge is -2.16. The molecule has 3 heterocycles. The minimum absolute atomic E-state index is 0.0982. The Balaban J connectivity index is 1.90. The number of hydrogen-bond acceptors (Lipinski definition) is 3. The van der Waals surface area contributed by atoms with E-state index in [0.717, 1.165) is 22.6 Å². The molecular weight excluding hydrogens is 388 g/mol. The molecule has 2 aromatic carbocycles. The number of nitrogens with zero attached hydrogens (tertiary/aromatic N) is 4. The van der Waals surface area contributed by atoms with E-state index < -0.39 is 0 Å². The fourth-order valence-corrected chi connectivity index (χ4v) is 4.26. The van der Waals surface area contributed by atoms with E-state index in [-0.39, 0.29) is 11.5 Å². The lowest BCUT2D eigenvalue weighted by molar-refractivity contribution is 0.0997. The van der Waals surface area contributed by atoms with Crippen LogP contribution in [0.1, 0.15) is 34.1 Å². The van der Waals surface area contributed by atoms with Crippen molar-refractivity contribution < 1.29 is 4.79 Å². The summed E-state index contributed by atoms with van der Waals surface area (Å²) in [5.41, 5.74) is 3.98. The van der Waals surface area contributed by atoms with Gasteiger partial charge in [0.1, 0.15) is 0 Å². The number of carbonyl (C=O) groups excluding carboxylic acids is 1. The summed E-state index contributed by atoms with van der Waals surface area (Å²) < 4.78 is 3.34. The van der Waals surface area contributed by atoms with Crippen molar-refractivity contribution in [1.82, 2.24) is 14.3 Å². The second-order valence-electron chi connectivity index (χ2n) is 7.55. The average Bonchev–Trinajstić information content (AvgIpc) is 3.31. The molecule has 1 aliphatic rings.